The molecule has 1 saturated carbocycles. The Morgan fingerprint density at radius 3 is 2.33 bits per heavy atom. The number of aromatic hydroxyl groups is 1. The molecular weight excluding hydrogens is 570 g/mol. The van der Waals surface area contributed by atoms with Gasteiger partial charge in [-0.1, -0.05) is 65.7 Å². The summed E-state index contributed by atoms with van der Waals surface area (Å²) >= 11 is 0. The SMILES string of the molecule is CCN1C(=O)C2CC=C3C(CC4C(=O)N(Nc5ccc(C)cc5)C(=O)C4(c4ccccc4)C3c3ccc(OC)c(O)c3)C2C1=O. The standard InChI is InChI=1S/C36H35N3O6/c1-4-38-32(41)25-16-15-24-26(30(25)34(38)43)19-27-33(42)39(37-23-13-10-20(2)11-14-23)35(44)36(27,22-8-6-5-7-9-22)31(24)21-12-17-29(45-3)28(40)18-21/h5-15,17-18,25-27,30-31,37,40H,4,16,19H2,1-3H3. The average molecular weight is 606 g/mol. The van der Waals surface area contributed by atoms with Gasteiger partial charge in [-0.15, -0.1) is 0 Å². The van der Waals surface area contributed by atoms with Crippen LogP contribution in [0.2, 0.25) is 0 Å². The van der Waals surface area contributed by atoms with Gasteiger partial charge in [-0.05, 0) is 68.0 Å². The van der Waals surface area contributed by atoms with E-state index in [0.717, 1.165) is 16.1 Å². The second-order valence-corrected chi connectivity index (χ2v) is 12.4. The number of phenolic OH excluding ortho intramolecular Hbond substituents is 1. The van der Waals surface area contributed by atoms with Crippen molar-refractivity contribution >= 4 is 29.3 Å². The maximum atomic E-state index is 15.1. The lowest BCUT2D eigenvalue weighted by Crippen LogP contribution is -2.53. The first-order valence-electron chi connectivity index (χ1n) is 15.4. The summed E-state index contributed by atoms with van der Waals surface area (Å²) in [4.78, 5) is 58.1. The summed E-state index contributed by atoms with van der Waals surface area (Å²) in [7, 11) is 1.46. The monoisotopic (exact) mass is 605 g/mol. The minimum Gasteiger partial charge on any atom is -0.504 e. The Kier molecular flexibility index (Phi) is 6.80. The Balaban J connectivity index is 1.46. The molecule has 2 aliphatic heterocycles. The zero-order valence-corrected chi connectivity index (χ0v) is 25.4. The van der Waals surface area contributed by atoms with Crippen LogP contribution in [0.5, 0.6) is 11.5 Å². The summed E-state index contributed by atoms with van der Waals surface area (Å²) in [6.45, 7) is 4.03. The molecule has 9 heteroatoms. The van der Waals surface area contributed by atoms with Crippen molar-refractivity contribution in [1.29, 1.82) is 0 Å². The minimum atomic E-state index is -1.39. The molecule has 45 heavy (non-hydrogen) atoms. The zero-order valence-electron chi connectivity index (χ0n) is 25.4. The number of amides is 4. The van der Waals surface area contributed by atoms with Gasteiger partial charge in [0.05, 0.1) is 36.0 Å². The number of anilines is 1. The van der Waals surface area contributed by atoms with Crippen LogP contribution in [0.3, 0.4) is 0 Å². The highest BCUT2D eigenvalue weighted by molar-refractivity contribution is 6.13. The number of hydrogen-bond donors (Lipinski definition) is 2. The Hall–Kier alpha value is -4.92. The van der Waals surface area contributed by atoms with Crippen LogP contribution in [-0.4, -0.2) is 52.3 Å². The molecular formula is C36H35N3O6. The van der Waals surface area contributed by atoms with E-state index in [9.17, 15) is 19.5 Å². The fraction of sp³-hybridized carbons (Fsp3) is 0.333. The predicted octanol–water partition coefficient (Wildman–Crippen LogP) is 4.71. The largest absolute Gasteiger partial charge is 0.504 e. The lowest BCUT2D eigenvalue weighted by molar-refractivity contribution is -0.141. The molecule has 3 aromatic carbocycles. The number of carbonyl (C=O) groups is 4. The molecule has 3 fully saturated rings. The van der Waals surface area contributed by atoms with Gasteiger partial charge in [0.1, 0.15) is 0 Å². The van der Waals surface area contributed by atoms with Gasteiger partial charge < -0.3 is 9.84 Å². The van der Waals surface area contributed by atoms with Crippen molar-refractivity contribution in [2.75, 3.05) is 19.1 Å². The number of likely N-dealkylation sites (tertiary alicyclic amines) is 1. The van der Waals surface area contributed by atoms with E-state index in [1.807, 2.05) is 73.7 Å². The van der Waals surface area contributed by atoms with Crippen LogP contribution in [0.25, 0.3) is 0 Å². The highest BCUT2D eigenvalue weighted by atomic mass is 16.5. The summed E-state index contributed by atoms with van der Waals surface area (Å²) in [6.07, 6.45) is 2.60. The van der Waals surface area contributed by atoms with E-state index < -0.39 is 46.8 Å². The Morgan fingerprint density at radius 2 is 1.67 bits per heavy atom. The first-order valence-corrected chi connectivity index (χ1v) is 15.4. The Morgan fingerprint density at radius 1 is 0.933 bits per heavy atom. The molecule has 6 unspecified atom stereocenters. The Bertz CT molecular complexity index is 1750. The first-order chi connectivity index (χ1) is 21.7. The third-order valence-corrected chi connectivity index (χ3v) is 10.3. The second kappa shape index (κ2) is 10.6. The zero-order chi connectivity index (χ0) is 31.6. The lowest BCUT2D eigenvalue weighted by Gasteiger charge is -2.50. The number of nitrogens with one attached hydrogen (secondary N) is 1. The molecule has 3 aromatic rings. The van der Waals surface area contributed by atoms with Crippen molar-refractivity contribution in [3.63, 3.8) is 0 Å². The third kappa shape index (κ3) is 4.06. The van der Waals surface area contributed by atoms with E-state index >= 15 is 4.79 Å². The van der Waals surface area contributed by atoms with Gasteiger partial charge in [-0.25, -0.2) is 0 Å². The Labute approximate surface area is 261 Å². The van der Waals surface area contributed by atoms with E-state index in [0.29, 0.717) is 23.2 Å². The van der Waals surface area contributed by atoms with Gasteiger partial charge >= 0.3 is 0 Å². The fourth-order valence-electron chi connectivity index (χ4n) is 8.39. The predicted molar refractivity (Wildman–Crippen MR) is 166 cm³/mol. The maximum Gasteiger partial charge on any atom is 0.260 e. The number of carbonyl (C=O) groups excluding carboxylic acids is 4. The van der Waals surface area contributed by atoms with Gasteiger partial charge in [0.25, 0.3) is 11.8 Å². The number of hydrazine groups is 1. The molecule has 4 amide bonds. The number of phenols is 1. The molecule has 230 valence electrons. The summed E-state index contributed by atoms with van der Waals surface area (Å²) in [5, 5.41) is 12.1. The van der Waals surface area contributed by atoms with Crippen molar-refractivity contribution in [3.05, 3.63) is 101 Å². The van der Waals surface area contributed by atoms with Crippen LogP contribution >= 0.6 is 0 Å². The van der Waals surface area contributed by atoms with E-state index in [4.69, 9.17) is 4.74 Å². The number of ether oxygens (including phenoxy) is 1. The maximum absolute atomic E-state index is 15.1. The number of nitrogens with zero attached hydrogens (tertiary/aromatic N) is 2. The van der Waals surface area contributed by atoms with Gasteiger partial charge in [-0.3, -0.25) is 29.5 Å². The molecule has 2 saturated heterocycles. The molecule has 0 bridgehead atoms. The highest BCUT2D eigenvalue weighted by Gasteiger charge is 2.70. The number of rotatable bonds is 6. The molecule has 2 N–H and O–H groups in total. The van der Waals surface area contributed by atoms with Crippen molar-refractivity contribution in [2.45, 2.75) is 38.0 Å². The van der Waals surface area contributed by atoms with Crippen LogP contribution in [0.15, 0.2) is 84.4 Å². The van der Waals surface area contributed by atoms with E-state index in [1.165, 1.54) is 12.0 Å². The van der Waals surface area contributed by atoms with E-state index in [1.54, 1.807) is 19.1 Å². The quantitative estimate of drug-likeness (QED) is 0.309. The molecule has 7 rings (SSSR count). The van der Waals surface area contributed by atoms with Crippen molar-refractivity contribution < 1.29 is 29.0 Å². The summed E-state index contributed by atoms with van der Waals surface area (Å²) in [5.74, 6) is -4.15. The molecule has 0 radical (unpaired) electrons. The molecule has 2 heterocycles. The summed E-state index contributed by atoms with van der Waals surface area (Å²) in [6, 6.07) is 21.8. The topological polar surface area (TPSA) is 116 Å². The fourth-order valence-corrected chi connectivity index (χ4v) is 8.39. The molecule has 2 aliphatic carbocycles. The minimum absolute atomic E-state index is 0.0955. The molecule has 4 aliphatic rings. The summed E-state index contributed by atoms with van der Waals surface area (Å²) in [5.41, 5.74) is 5.48. The lowest BCUT2D eigenvalue weighted by atomic mass is 9.49. The van der Waals surface area contributed by atoms with E-state index in [2.05, 4.69) is 5.43 Å². The number of hydrogen-bond acceptors (Lipinski definition) is 7. The smallest absolute Gasteiger partial charge is 0.260 e. The molecule has 0 aromatic heterocycles. The average Bonchev–Trinajstić information content (AvgIpc) is 3.42. The molecule has 6 atom stereocenters. The van der Waals surface area contributed by atoms with Crippen LogP contribution in [0.1, 0.15) is 42.4 Å². The van der Waals surface area contributed by atoms with Crippen LogP contribution in [0, 0.1) is 30.6 Å². The highest BCUT2D eigenvalue weighted by Crippen LogP contribution is 2.64. The number of benzene rings is 3. The normalized spacial score (nSPS) is 28.9. The van der Waals surface area contributed by atoms with Crippen molar-refractivity contribution in [1.82, 2.24) is 9.91 Å². The number of aryl methyl sites for hydroxylation is 1. The first kappa shape index (κ1) is 28.8. The van der Waals surface area contributed by atoms with Crippen LogP contribution in [0.4, 0.5) is 5.69 Å². The van der Waals surface area contributed by atoms with Gasteiger partial charge in [-0.2, -0.15) is 5.01 Å². The van der Waals surface area contributed by atoms with Crippen LogP contribution < -0.4 is 10.2 Å². The number of allylic oxidation sites excluding steroid dienone is 2. The number of imide groups is 2. The van der Waals surface area contributed by atoms with Gasteiger partial charge in [0, 0.05) is 12.5 Å². The van der Waals surface area contributed by atoms with Crippen molar-refractivity contribution in [2.24, 2.45) is 23.7 Å². The van der Waals surface area contributed by atoms with Crippen molar-refractivity contribution in [3.8, 4) is 11.5 Å². The van der Waals surface area contributed by atoms with Crippen LogP contribution in [-0.2, 0) is 24.6 Å². The molecule has 0 spiro atoms. The van der Waals surface area contributed by atoms with Gasteiger partial charge in [0.15, 0.2) is 11.5 Å². The number of fused-ring (bicyclic) bond motifs is 4. The third-order valence-electron chi connectivity index (χ3n) is 10.3. The van der Waals surface area contributed by atoms with Gasteiger partial charge in [0.2, 0.25) is 11.8 Å². The number of methoxy groups -OCH3 is 1. The van der Waals surface area contributed by atoms with E-state index in [-0.39, 0.29) is 36.3 Å². The summed E-state index contributed by atoms with van der Waals surface area (Å²) < 4.78 is 5.34. The molecule has 9 nitrogen and oxygen atoms in total. The second-order valence-electron chi connectivity index (χ2n) is 12.4.